The van der Waals surface area contributed by atoms with Crippen LogP contribution in [0.2, 0.25) is 5.02 Å². The van der Waals surface area contributed by atoms with Crippen molar-refractivity contribution in [3.05, 3.63) is 52.5 Å². The molecule has 1 amide bonds. The fourth-order valence-electron chi connectivity index (χ4n) is 2.69. The normalized spacial score (nSPS) is 10.4. The van der Waals surface area contributed by atoms with Gasteiger partial charge in [0, 0.05) is 24.2 Å². The molecular formula is C21H26ClNO4. The summed E-state index contributed by atoms with van der Waals surface area (Å²) in [6.07, 6.45) is 0. The Bertz CT molecular complexity index is 752. The van der Waals surface area contributed by atoms with Crippen LogP contribution >= 0.6 is 11.6 Å². The first-order chi connectivity index (χ1) is 13.0. The van der Waals surface area contributed by atoms with Crippen LogP contribution < -0.4 is 14.2 Å². The number of hydrogen-bond acceptors (Lipinski definition) is 4. The average Bonchev–Trinajstić information content (AvgIpc) is 2.65. The standard InChI is InChI=1S/C21H26ClNO4/c1-5-25-18-12-16(13-19(26-6-2)20(18)27-7-3)21(24)23(4)14-15-10-8-9-11-17(15)22/h8-13H,5-7,14H2,1-4H3. The van der Waals surface area contributed by atoms with Crippen LogP contribution in [-0.4, -0.2) is 37.7 Å². The third kappa shape index (κ3) is 5.30. The largest absolute Gasteiger partial charge is 0.490 e. The first-order valence-corrected chi connectivity index (χ1v) is 9.44. The molecule has 2 aromatic rings. The van der Waals surface area contributed by atoms with Gasteiger partial charge in [-0.15, -0.1) is 0 Å². The zero-order valence-corrected chi connectivity index (χ0v) is 17.0. The lowest BCUT2D eigenvalue weighted by atomic mass is 10.1. The molecule has 2 rings (SSSR count). The topological polar surface area (TPSA) is 48.0 Å². The highest BCUT2D eigenvalue weighted by atomic mass is 35.5. The van der Waals surface area contributed by atoms with Crippen LogP contribution in [0.3, 0.4) is 0 Å². The summed E-state index contributed by atoms with van der Waals surface area (Å²) < 4.78 is 17.1. The quantitative estimate of drug-likeness (QED) is 0.615. The maximum atomic E-state index is 13.0. The lowest BCUT2D eigenvalue weighted by Gasteiger charge is -2.21. The number of ether oxygens (including phenoxy) is 3. The molecule has 0 aliphatic heterocycles. The molecule has 0 saturated carbocycles. The van der Waals surface area contributed by atoms with Crippen LogP contribution in [0, 0.1) is 0 Å². The molecule has 146 valence electrons. The van der Waals surface area contributed by atoms with E-state index in [4.69, 9.17) is 25.8 Å². The third-order valence-electron chi connectivity index (χ3n) is 3.87. The maximum absolute atomic E-state index is 13.0. The number of rotatable bonds is 9. The molecule has 0 aromatic heterocycles. The van der Waals surface area contributed by atoms with Gasteiger partial charge in [0.1, 0.15) is 0 Å². The van der Waals surface area contributed by atoms with E-state index in [1.54, 1.807) is 24.1 Å². The summed E-state index contributed by atoms with van der Waals surface area (Å²) in [7, 11) is 1.74. The third-order valence-corrected chi connectivity index (χ3v) is 4.24. The maximum Gasteiger partial charge on any atom is 0.254 e. The van der Waals surface area contributed by atoms with Gasteiger partial charge >= 0.3 is 0 Å². The highest BCUT2D eigenvalue weighted by Crippen LogP contribution is 2.39. The molecule has 0 spiro atoms. The molecule has 0 heterocycles. The molecule has 0 radical (unpaired) electrons. The van der Waals surface area contributed by atoms with E-state index in [1.807, 2.05) is 45.0 Å². The fraction of sp³-hybridized carbons (Fsp3) is 0.381. The SMILES string of the molecule is CCOc1cc(C(=O)N(C)Cc2ccccc2Cl)cc(OCC)c1OCC. The van der Waals surface area contributed by atoms with Crippen LogP contribution in [0.4, 0.5) is 0 Å². The Balaban J connectivity index is 2.34. The van der Waals surface area contributed by atoms with Crippen molar-refractivity contribution in [1.29, 1.82) is 0 Å². The van der Waals surface area contributed by atoms with Gasteiger partial charge in [-0.3, -0.25) is 4.79 Å². The molecule has 0 atom stereocenters. The van der Waals surface area contributed by atoms with Crippen molar-refractivity contribution in [3.63, 3.8) is 0 Å². The highest BCUT2D eigenvalue weighted by molar-refractivity contribution is 6.31. The van der Waals surface area contributed by atoms with Gasteiger partial charge in [-0.1, -0.05) is 29.8 Å². The van der Waals surface area contributed by atoms with Crippen LogP contribution in [0.15, 0.2) is 36.4 Å². The van der Waals surface area contributed by atoms with Crippen LogP contribution in [0.25, 0.3) is 0 Å². The number of carbonyl (C=O) groups excluding carboxylic acids is 1. The summed E-state index contributed by atoms with van der Waals surface area (Å²) in [5.74, 6) is 1.37. The Morgan fingerprint density at radius 1 is 0.963 bits per heavy atom. The number of amides is 1. The molecule has 27 heavy (non-hydrogen) atoms. The summed E-state index contributed by atoms with van der Waals surface area (Å²) in [5.41, 5.74) is 1.36. The Hall–Kier alpha value is -2.40. The van der Waals surface area contributed by atoms with Crippen molar-refractivity contribution in [2.24, 2.45) is 0 Å². The van der Waals surface area contributed by atoms with Gasteiger partial charge < -0.3 is 19.1 Å². The molecule has 5 nitrogen and oxygen atoms in total. The van der Waals surface area contributed by atoms with E-state index in [9.17, 15) is 4.79 Å². The van der Waals surface area contributed by atoms with E-state index in [2.05, 4.69) is 0 Å². The van der Waals surface area contributed by atoms with Crippen LogP contribution in [-0.2, 0) is 6.54 Å². The number of nitrogens with zero attached hydrogens (tertiary/aromatic N) is 1. The molecule has 0 unspecified atom stereocenters. The predicted molar refractivity (Wildman–Crippen MR) is 107 cm³/mol. The second-order valence-corrected chi connectivity index (χ2v) is 6.26. The molecule has 2 aromatic carbocycles. The van der Waals surface area contributed by atoms with Gasteiger partial charge in [0.05, 0.1) is 19.8 Å². The molecule has 0 fully saturated rings. The number of halogens is 1. The first kappa shape index (κ1) is 20.9. The Morgan fingerprint density at radius 3 is 2.04 bits per heavy atom. The van der Waals surface area contributed by atoms with E-state index in [0.717, 1.165) is 5.56 Å². The van der Waals surface area contributed by atoms with Gasteiger partial charge in [-0.05, 0) is 44.5 Å². The van der Waals surface area contributed by atoms with E-state index in [1.165, 1.54) is 0 Å². The second kappa shape index (κ2) is 10.1. The average molecular weight is 392 g/mol. The highest BCUT2D eigenvalue weighted by Gasteiger charge is 2.20. The lowest BCUT2D eigenvalue weighted by molar-refractivity contribution is 0.0784. The summed E-state index contributed by atoms with van der Waals surface area (Å²) in [6, 6.07) is 10.9. The number of benzene rings is 2. The Morgan fingerprint density at radius 2 is 1.52 bits per heavy atom. The zero-order chi connectivity index (χ0) is 19.8. The minimum absolute atomic E-state index is 0.153. The van der Waals surface area contributed by atoms with Crippen molar-refractivity contribution >= 4 is 17.5 Å². The molecule has 0 aliphatic carbocycles. The van der Waals surface area contributed by atoms with Crippen molar-refractivity contribution in [2.45, 2.75) is 27.3 Å². The zero-order valence-electron chi connectivity index (χ0n) is 16.3. The molecule has 0 N–H and O–H groups in total. The molecule has 0 aliphatic rings. The molecular weight excluding hydrogens is 366 g/mol. The Labute approximate surface area is 165 Å². The monoisotopic (exact) mass is 391 g/mol. The second-order valence-electron chi connectivity index (χ2n) is 5.85. The smallest absolute Gasteiger partial charge is 0.254 e. The van der Waals surface area contributed by atoms with Gasteiger partial charge in [0.25, 0.3) is 5.91 Å². The van der Waals surface area contributed by atoms with Gasteiger partial charge in [-0.2, -0.15) is 0 Å². The first-order valence-electron chi connectivity index (χ1n) is 9.07. The molecule has 6 heteroatoms. The van der Waals surface area contributed by atoms with Crippen molar-refractivity contribution in [2.75, 3.05) is 26.9 Å². The summed E-state index contributed by atoms with van der Waals surface area (Å²) >= 11 is 6.21. The molecule has 0 saturated heterocycles. The predicted octanol–water partition coefficient (Wildman–Crippen LogP) is 4.81. The van der Waals surface area contributed by atoms with Crippen LogP contribution in [0.5, 0.6) is 17.2 Å². The lowest BCUT2D eigenvalue weighted by Crippen LogP contribution is -2.26. The van der Waals surface area contributed by atoms with Gasteiger partial charge in [-0.25, -0.2) is 0 Å². The summed E-state index contributed by atoms with van der Waals surface area (Å²) in [6.45, 7) is 7.45. The van der Waals surface area contributed by atoms with Crippen molar-refractivity contribution in [1.82, 2.24) is 4.90 Å². The van der Waals surface area contributed by atoms with Gasteiger partial charge in [0.15, 0.2) is 11.5 Å². The minimum atomic E-state index is -0.153. The number of hydrogen-bond donors (Lipinski definition) is 0. The van der Waals surface area contributed by atoms with Crippen molar-refractivity contribution < 1.29 is 19.0 Å². The fourth-order valence-corrected chi connectivity index (χ4v) is 2.88. The van der Waals surface area contributed by atoms with Crippen molar-refractivity contribution in [3.8, 4) is 17.2 Å². The summed E-state index contributed by atoms with van der Waals surface area (Å²) in [4.78, 5) is 14.6. The molecule has 0 bridgehead atoms. The van der Waals surface area contributed by atoms with E-state index in [-0.39, 0.29) is 5.91 Å². The van der Waals surface area contributed by atoms with E-state index < -0.39 is 0 Å². The van der Waals surface area contributed by atoms with Crippen LogP contribution in [0.1, 0.15) is 36.7 Å². The van der Waals surface area contributed by atoms with E-state index >= 15 is 0 Å². The number of carbonyl (C=O) groups is 1. The van der Waals surface area contributed by atoms with Gasteiger partial charge in [0.2, 0.25) is 5.75 Å². The minimum Gasteiger partial charge on any atom is -0.490 e. The summed E-state index contributed by atoms with van der Waals surface area (Å²) in [5, 5.41) is 0.633. The van der Waals surface area contributed by atoms with E-state index in [0.29, 0.717) is 54.2 Å². The Kier molecular flexibility index (Phi) is 7.80.